The first-order valence-electron chi connectivity index (χ1n) is 7.45. The predicted octanol–water partition coefficient (Wildman–Crippen LogP) is 3.61. The summed E-state index contributed by atoms with van der Waals surface area (Å²) in [7, 11) is 3.15. The van der Waals surface area contributed by atoms with Crippen molar-refractivity contribution < 1.29 is 19.0 Å². The quantitative estimate of drug-likeness (QED) is 0.671. The van der Waals surface area contributed by atoms with Crippen molar-refractivity contribution in [3.63, 3.8) is 0 Å². The number of carbonyl (C=O) groups excluding carboxylic acids is 1. The molecule has 0 atom stereocenters. The van der Waals surface area contributed by atoms with Gasteiger partial charge in [-0.1, -0.05) is 24.3 Å². The van der Waals surface area contributed by atoms with E-state index in [2.05, 4.69) is 4.98 Å². The van der Waals surface area contributed by atoms with Crippen LogP contribution in [0.2, 0.25) is 0 Å². The van der Waals surface area contributed by atoms with Gasteiger partial charge in [0, 0.05) is 10.9 Å². The highest BCUT2D eigenvalue weighted by Gasteiger charge is 2.12. The number of methoxy groups -OCH3 is 2. The van der Waals surface area contributed by atoms with E-state index in [0.717, 1.165) is 16.5 Å². The van der Waals surface area contributed by atoms with Gasteiger partial charge in [-0.25, -0.2) is 9.78 Å². The average molecular weight is 323 g/mol. The molecule has 0 aliphatic rings. The van der Waals surface area contributed by atoms with Crippen LogP contribution in [0.15, 0.2) is 54.6 Å². The molecule has 0 saturated heterocycles. The molecule has 0 fully saturated rings. The number of rotatable bonds is 5. The van der Waals surface area contributed by atoms with Crippen molar-refractivity contribution in [2.75, 3.05) is 14.2 Å². The molecule has 5 heteroatoms. The van der Waals surface area contributed by atoms with Crippen molar-refractivity contribution in [1.29, 1.82) is 0 Å². The van der Waals surface area contributed by atoms with Gasteiger partial charge in [0.15, 0.2) is 0 Å². The van der Waals surface area contributed by atoms with E-state index in [9.17, 15) is 4.79 Å². The molecule has 0 bridgehead atoms. The minimum atomic E-state index is -0.481. The molecule has 0 N–H and O–H groups in total. The monoisotopic (exact) mass is 323 g/mol. The molecule has 0 saturated carbocycles. The molecule has 3 aromatic rings. The van der Waals surface area contributed by atoms with Crippen molar-refractivity contribution in [3.05, 3.63) is 65.9 Å². The van der Waals surface area contributed by atoms with Crippen molar-refractivity contribution in [3.8, 4) is 11.5 Å². The first-order chi connectivity index (χ1) is 11.7. The largest absolute Gasteiger partial charge is 0.497 e. The number of hydrogen-bond acceptors (Lipinski definition) is 5. The number of esters is 1. The van der Waals surface area contributed by atoms with Crippen molar-refractivity contribution >= 4 is 16.9 Å². The van der Waals surface area contributed by atoms with Crippen LogP contribution in [0, 0.1) is 0 Å². The first kappa shape index (κ1) is 15.8. The van der Waals surface area contributed by atoms with Gasteiger partial charge in [0.05, 0.1) is 19.7 Å². The highest BCUT2D eigenvalue weighted by atomic mass is 16.5. The Hall–Kier alpha value is -3.08. The summed E-state index contributed by atoms with van der Waals surface area (Å²) in [5, 5.41) is 0.975. The molecule has 122 valence electrons. The molecule has 0 aliphatic heterocycles. The topological polar surface area (TPSA) is 57.7 Å². The van der Waals surface area contributed by atoms with E-state index in [1.165, 1.54) is 0 Å². The number of benzene rings is 2. The van der Waals surface area contributed by atoms with Gasteiger partial charge < -0.3 is 14.2 Å². The van der Waals surface area contributed by atoms with Crippen LogP contribution in [0.5, 0.6) is 11.5 Å². The summed E-state index contributed by atoms with van der Waals surface area (Å²) in [4.78, 5) is 16.6. The van der Waals surface area contributed by atoms with Crippen LogP contribution in [-0.2, 0) is 11.3 Å². The predicted molar refractivity (Wildman–Crippen MR) is 90.4 cm³/mol. The zero-order valence-electron chi connectivity index (χ0n) is 13.5. The fourth-order valence-corrected chi connectivity index (χ4v) is 2.39. The Kier molecular flexibility index (Phi) is 4.61. The smallest absolute Gasteiger partial charge is 0.357 e. The molecule has 1 heterocycles. The SMILES string of the molecule is COc1ccc(OC)c(COC(=O)c2ccc3ccccc3n2)c1. The molecule has 1 aromatic heterocycles. The summed E-state index contributed by atoms with van der Waals surface area (Å²) in [6.07, 6.45) is 0. The minimum absolute atomic E-state index is 0.0771. The summed E-state index contributed by atoms with van der Waals surface area (Å²) in [5.41, 5.74) is 1.76. The normalized spacial score (nSPS) is 10.4. The number of para-hydroxylation sites is 1. The molecule has 0 radical (unpaired) electrons. The Balaban J connectivity index is 1.77. The molecule has 24 heavy (non-hydrogen) atoms. The van der Waals surface area contributed by atoms with Gasteiger partial charge in [0.1, 0.15) is 23.8 Å². The summed E-state index contributed by atoms with van der Waals surface area (Å²) in [6, 6.07) is 16.5. The molecular formula is C19H17NO4. The number of hydrogen-bond donors (Lipinski definition) is 0. The summed E-state index contributed by atoms with van der Waals surface area (Å²) in [6.45, 7) is 0.0771. The van der Waals surface area contributed by atoms with Crippen LogP contribution >= 0.6 is 0 Å². The van der Waals surface area contributed by atoms with Gasteiger partial charge in [-0.3, -0.25) is 0 Å². The second-order valence-electron chi connectivity index (χ2n) is 5.14. The maximum atomic E-state index is 12.3. The third-order valence-corrected chi connectivity index (χ3v) is 3.65. The first-order valence-corrected chi connectivity index (χ1v) is 7.45. The van der Waals surface area contributed by atoms with Crippen LogP contribution in [0.3, 0.4) is 0 Å². The standard InChI is InChI=1S/C19H17NO4/c1-22-15-8-10-18(23-2)14(11-15)12-24-19(21)17-9-7-13-5-3-4-6-16(13)20-17/h3-11H,12H2,1-2H3. The van der Waals surface area contributed by atoms with E-state index < -0.39 is 5.97 Å². The van der Waals surface area contributed by atoms with Crippen LogP contribution in [0.1, 0.15) is 16.1 Å². The zero-order chi connectivity index (χ0) is 16.9. The summed E-state index contributed by atoms with van der Waals surface area (Å²) >= 11 is 0. The Morgan fingerprint density at radius 1 is 1.00 bits per heavy atom. The van der Waals surface area contributed by atoms with E-state index in [1.807, 2.05) is 30.3 Å². The van der Waals surface area contributed by atoms with E-state index in [-0.39, 0.29) is 12.3 Å². The Bertz CT molecular complexity index is 876. The van der Waals surface area contributed by atoms with Crippen molar-refractivity contribution in [2.24, 2.45) is 0 Å². The number of fused-ring (bicyclic) bond motifs is 1. The zero-order valence-corrected chi connectivity index (χ0v) is 13.5. The molecule has 5 nitrogen and oxygen atoms in total. The Morgan fingerprint density at radius 3 is 2.62 bits per heavy atom. The van der Waals surface area contributed by atoms with Crippen molar-refractivity contribution in [1.82, 2.24) is 4.98 Å². The van der Waals surface area contributed by atoms with Crippen LogP contribution < -0.4 is 9.47 Å². The van der Waals surface area contributed by atoms with E-state index in [4.69, 9.17) is 14.2 Å². The van der Waals surface area contributed by atoms with Gasteiger partial charge in [-0.05, 0) is 30.3 Å². The Labute approximate surface area is 139 Å². The lowest BCUT2D eigenvalue weighted by atomic mass is 10.2. The molecular weight excluding hydrogens is 306 g/mol. The molecule has 0 amide bonds. The van der Waals surface area contributed by atoms with Gasteiger partial charge in [0.2, 0.25) is 0 Å². The minimum Gasteiger partial charge on any atom is -0.497 e. The number of aromatic nitrogens is 1. The maximum Gasteiger partial charge on any atom is 0.357 e. The second kappa shape index (κ2) is 7.00. The van der Waals surface area contributed by atoms with E-state index in [0.29, 0.717) is 11.5 Å². The number of ether oxygens (including phenoxy) is 3. The molecule has 0 aliphatic carbocycles. The highest BCUT2D eigenvalue weighted by Crippen LogP contribution is 2.25. The molecule has 0 unspecified atom stereocenters. The lowest BCUT2D eigenvalue weighted by Gasteiger charge is -2.11. The number of pyridine rings is 1. The summed E-state index contributed by atoms with van der Waals surface area (Å²) < 4.78 is 15.8. The lowest BCUT2D eigenvalue weighted by molar-refractivity contribution is 0.0463. The average Bonchev–Trinajstić information content (AvgIpc) is 2.65. The second-order valence-corrected chi connectivity index (χ2v) is 5.14. The van der Waals surface area contributed by atoms with Crippen LogP contribution in [0.4, 0.5) is 0 Å². The van der Waals surface area contributed by atoms with E-state index in [1.54, 1.807) is 38.5 Å². The summed E-state index contributed by atoms with van der Waals surface area (Å²) in [5.74, 6) is 0.825. The molecule has 3 rings (SSSR count). The van der Waals surface area contributed by atoms with Crippen LogP contribution in [-0.4, -0.2) is 25.2 Å². The van der Waals surface area contributed by atoms with Crippen LogP contribution in [0.25, 0.3) is 10.9 Å². The molecule has 2 aromatic carbocycles. The highest BCUT2D eigenvalue weighted by molar-refractivity contribution is 5.91. The van der Waals surface area contributed by atoms with Gasteiger partial charge in [-0.2, -0.15) is 0 Å². The third-order valence-electron chi connectivity index (χ3n) is 3.65. The van der Waals surface area contributed by atoms with E-state index >= 15 is 0 Å². The fraction of sp³-hybridized carbons (Fsp3) is 0.158. The van der Waals surface area contributed by atoms with Gasteiger partial charge >= 0.3 is 5.97 Å². The Morgan fingerprint density at radius 2 is 1.83 bits per heavy atom. The van der Waals surface area contributed by atoms with Gasteiger partial charge in [-0.15, -0.1) is 0 Å². The lowest BCUT2D eigenvalue weighted by Crippen LogP contribution is -2.08. The van der Waals surface area contributed by atoms with Crippen molar-refractivity contribution in [2.45, 2.75) is 6.61 Å². The maximum absolute atomic E-state index is 12.3. The number of carbonyl (C=O) groups is 1. The molecule has 0 spiro atoms. The third kappa shape index (κ3) is 3.30. The van der Waals surface area contributed by atoms with Gasteiger partial charge in [0.25, 0.3) is 0 Å². The number of nitrogens with zero attached hydrogens (tertiary/aromatic N) is 1. The fourth-order valence-electron chi connectivity index (χ4n) is 2.39.